The molecule has 0 spiro atoms. The number of carbonyl (C=O) groups is 1. The molecule has 0 amide bonds. The molecule has 0 bridgehead atoms. The minimum absolute atomic E-state index is 0.0781. The number of methoxy groups -OCH3 is 1. The molecule has 0 aliphatic heterocycles. The average molecular weight is 330 g/mol. The van der Waals surface area contributed by atoms with Gasteiger partial charge >= 0.3 is 0 Å². The van der Waals surface area contributed by atoms with Crippen molar-refractivity contribution in [1.29, 1.82) is 0 Å². The van der Waals surface area contributed by atoms with Crippen molar-refractivity contribution in [2.45, 2.75) is 71.6 Å². The van der Waals surface area contributed by atoms with Crippen molar-refractivity contribution in [2.75, 3.05) is 7.11 Å². The second-order valence-electron chi connectivity index (χ2n) is 8.68. The van der Waals surface area contributed by atoms with E-state index in [2.05, 4.69) is 40.7 Å². The molecule has 3 rings (SSSR count). The van der Waals surface area contributed by atoms with Crippen LogP contribution in [0.4, 0.5) is 0 Å². The van der Waals surface area contributed by atoms with E-state index in [1.165, 1.54) is 5.56 Å². The van der Waals surface area contributed by atoms with Crippen LogP contribution < -0.4 is 4.74 Å². The highest BCUT2D eigenvalue weighted by molar-refractivity contribution is 5.86. The summed E-state index contributed by atoms with van der Waals surface area (Å²) in [5.41, 5.74) is 2.79. The molecule has 1 aromatic carbocycles. The van der Waals surface area contributed by atoms with Crippen LogP contribution in [-0.2, 0) is 16.6 Å². The zero-order valence-corrected chi connectivity index (χ0v) is 15.8. The summed E-state index contributed by atoms with van der Waals surface area (Å²) in [6.07, 6.45) is 3.27. The molecule has 1 fully saturated rings. The highest BCUT2D eigenvalue weighted by Crippen LogP contribution is 2.58. The number of carbonyl (C=O) groups excluding carboxylic acids is 1. The third-order valence-corrected chi connectivity index (χ3v) is 6.73. The Balaban J connectivity index is 2.22. The summed E-state index contributed by atoms with van der Waals surface area (Å²) in [4.78, 5) is 12.5. The molecule has 132 valence electrons. The van der Waals surface area contributed by atoms with E-state index >= 15 is 0 Å². The maximum atomic E-state index is 12.5. The minimum atomic E-state index is -0.301. The molecule has 0 aromatic heterocycles. The van der Waals surface area contributed by atoms with Gasteiger partial charge in [-0.05, 0) is 53.7 Å². The van der Waals surface area contributed by atoms with Crippen LogP contribution in [0.15, 0.2) is 6.07 Å². The van der Waals surface area contributed by atoms with E-state index in [4.69, 9.17) is 4.74 Å². The molecular weight excluding hydrogens is 300 g/mol. The zero-order valence-electron chi connectivity index (χ0n) is 15.8. The molecule has 24 heavy (non-hydrogen) atoms. The smallest absolute Gasteiger partial charge is 0.138 e. The van der Waals surface area contributed by atoms with Crippen molar-refractivity contribution in [2.24, 2.45) is 11.3 Å². The summed E-state index contributed by atoms with van der Waals surface area (Å²) in [5.74, 6) is 2.09. The molecule has 2 aliphatic rings. The van der Waals surface area contributed by atoms with Crippen molar-refractivity contribution in [1.82, 2.24) is 0 Å². The standard InChI is InChI=1S/C21H30O3/c1-12(2)18-15(24-6)11-14-13(19(18)23)7-8-16-20(3,4)17(22)9-10-21(14,16)5/h11-12,16,23H,7-10H2,1-6H3/t16-,21+/m0/s1. The van der Waals surface area contributed by atoms with Gasteiger partial charge in [-0.1, -0.05) is 34.6 Å². The van der Waals surface area contributed by atoms with Crippen LogP contribution in [0, 0.1) is 11.3 Å². The first-order valence-electron chi connectivity index (χ1n) is 9.11. The highest BCUT2D eigenvalue weighted by Gasteiger charge is 2.54. The third-order valence-electron chi connectivity index (χ3n) is 6.73. The van der Waals surface area contributed by atoms with Gasteiger partial charge in [0.2, 0.25) is 0 Å². The number of ether oxygens (including phenoxy) is 1. The molecular formula is C21H30O3. The van der Waals surface area contributed by atoms with Crippen molar-refractivity contribution in [3.63, 3.8) is 0 Å². The molecule has 1 saturated carbocycles. The van der Waals surface area contributed by atoms with Crippen LogP contribution in [0.25, 0.3) is 0 Å². The molecule has 0 heterocycles. The van der Waals surface area contributed by atoms with Crippen molar-refractivity contribution < 1.29 is 14.6 Å². The van der Waals surface area contributed by atoms with E-state index < -0.39 is 0 Å². The SMILES string of the molecule is COc1cc2c(c(O)c1C(C)C)CC[C@H]1C(C)(C)C(=O)CC[C@]21C. The lowest BCUT2D eigenvalue weighted by Gasteiger charge is -2.53. The van der Waals surface area contributed by atoms with E-state index in [0.717, 1.165) is 36.1 Å². The number of aromatic hydroxyl groups is 1. The number of ketones is 1. The van der Waals surface area contributed by atoms with E-state index in [1.54, 1.807) is 7.11 Å². The summed E-state index contributed by atoms with van der Waals surface area (Å²) in [5, 5.41) is 11.0. The minimum Gasteiger partial charge on any atom is -0.507 e. The fourth-order valence-electron chi connectivity index (χ4n) is 5.34. The van der Waals surface area contributed by atoms with Gasteiger partial charge in [-0.15, -0.1) is 0 Å². The summed E-state index contributed by atoms with van der Waals surface area (Å²) < 4.78 is 5.62. The predicted octanol–water partition coefficient (Wildman–Crippen LogP) is 4.73. The number of phenols is 1. The highest BCUT2D eigenvalue weighted by atomic mass is 16.5. The number of phenolic OH excluding ortho intramolecular Hbond substituents is 1. The van der Waals surface area contributed by atoms with Crippen LogP contribution in [0.1, 0.15) is 76.5 Å². The van der Waals surface area contributed by atoms with Crippen molar-refractivity contribution in [3.8, 4) is 11.5 Å². The quantitative estimate of drug-likeness (QED) is 0.852. The number of hydrogen-bond acceptors (Lipinski definition) is 3. The van der Waals surface area contributed by atoms with Crippen LogP contribution in [0.2, 0.25) is 0 Å². The first-order chi connectivity index (χ1) is 11.1. The van der Waals surface area contributed by atoms with Gasteiger partial charge in [0.15, 0.2) is 0 Å². The largest absolute Gasteiger partial charge is 0.507 e. The molecule has 2 aliphatic carbocycles. The number of Topliss-reactive ketones (excluding diaryl/α,β-unsaturated/α-hetero) is 1. The normalized spacial score (nSPS) is 28.5. The summed E-state index contributed by atoms with van der Waals surface area (Å²) >= 11 is 0. The number of benzene rings is 1. The monoisotopic (exact) mass is 330 g/mol. The maximum absolute atomic E-state index is 12.5. The summed E-state index contributed by atoms with van der Waals surface area (Å²) in [7, 11) is 1.67. The van der Waals surface area contributed by atoms with Crippen LogP contribution >= 0.6 is 0 Å². The molecule has 3 heteroatoms. The van der Waals surface area contributed by atoms with Gasteiger partial charge < -0.3 is 9.84 Å². The lowest BCUT2D eigenvalue weighted by atomic mass is 9.50. The first-order valence-corrected chi connectivity index (χ1v) is 9.11. The Labute approximate surface area is 145 Å². The number of fused-ring (bicyclic) bond motifs is 3. The second kappa shape index (κ2) is 5.50. The Bertz CT molecular complexity index is 687. The second-order valence-corrected chi connectivity index (χ2v) is 8.68. The van der Waals surface area contributed by atoms with Gasteiger partial charge in [-0.25, -0.2) is 0 Å². The van der Waals surface area contributed by atoms with Crippen LogP contribution in [0.3, 0.4) is 0 Å². The van der Waals surface area contributed by atoms with E-state index in [0.29, 0.717) is 23.9 Å². The molecule has 1 N–H and O–H groups in total. The molecule has 0 radical (unpaired) electrons. The number of rotatable bonds is 2. The van der Waals surface area contributed by atoms with E-state index in [1.807, 2.05) is 0 Å². The third kappa shape index (κ3) is 2.20. The van der Waals surface area contributed by atoms with E-state index in [-0.39, 0.29) is 16.7 Å². The molecule has 0 saturated heterocycles. The molecule has 0 unspecified atom stereocenters. The molecule has 3 nitrogen and oxygen atoms in total. The fraction of sp³-hybridized carbons (Fsp3) is 0.667. The Kier molecular flexibility index (Phi) is 3.97. The fourth-order valence-corrected chi connectivity index (χ4v) is 5.34. The first kappa shape index (κ1) is 17.3. The zero-order chi connectivity index (χ0) is 17.9. The van der Waals surface area contributed by atoms with E-state index in [9.17, 15) is 9.90 Å². The van der Waals surface area contributed by atoms with Gasteiger partial charge in [-0.3, -0.25) is 4.79 Å². The van der Waals surface area contributed by atoms with Crippen LogP contribution in [-0.4, -0.2) is 18.0 Å². The van der Waals surface area contributed by atoms with Gasteiger partial charge in [0.1, 0.15) is 17.3 Å². The Morgan fingerprint density at radius 1 is 1.25 bits per heavy atom. The maximum Gasteiger partial charge on any atom is 0.138 e. The summed E-state index contributed by atoms with van der Waals surface area (Å²) in [6.45, 7) is 10.6. The van der Waals surface area contributed by atoms with Gasteiger partial charge in [0, 0.05) is 17.4 Å². The van der Waals surface area contributed by atoms with Crippen LogP contribution in [0.5, 0.6) is 11.5 Å². The van der Waals surface area contributed by atoms with Gasteiger partial charge in [-0.2, -0.15) is 0 Å². The van der Waals surface area contributed by atoms with Gasteiger partial charge in [0.05, 0.1) is 7.11 Å². The topological polar surface area (TPSA) is 46.5 Å². The summed E-state index contributed by atoms with van der Waals surface area (Å²) in [6, 6.07) is 2.14. The average Bonchev–Trinajstić information content (AvgIpc) is 2.51. The Morgan fingerprint density at radius 2 is 1.92 bits per heavy atom. The lowest BCUT2D eigenvalue weighted by Crippen LogP contribution is -2.52. The van der Waals surface area contributed by atoms with Crippen molar-refractivity contribution >= 4 is 5.78 Å². The van der Waals surface area contributed by atoms with Gasteiger partial charge in [0.25, 0.3) is 0 Å². The Morgan fingerprint density at radius 3 is 2.50 bits per heavy atom. The lowest BCUT2D eigenvalue weighted by molar-refractivity contribution is -0.137. The number of hydrogen-bond donors (Lipinski definition) is 1. The predicted molar refractivity (Wildman–Crippen MR) is 95.9 cm³/mol. The van der Waals surface area contributed by atoms with Crippen molar-refractivity contribution in [3.05, 3.63) is 22.8 Å². The molecule has 1 aromatic rings. The molecule has 2 atom stereocenters. The Hall–Kier alpha value is -1.51.